The number of aromatic amines is 1. The maximum Gasteiger partial charge on any atom is 0.255 e. The SMILES string of the molecule is Cc1ccc(NC(=O)c2cc[nH]c(=O)c2)cc1O. The molecule has 1 aromatic heterocycles. The molecule has 2 rings (SSSR count). The van der Waals surface area contributed by atoms with E-state index in [4.69, 9.17) is 0 Å². The molecule has 5 nitrogen and oxygen atoms in total. The van der Waals surface area contributed by atoms with Crippen LogP contribution in [-0.2, 0) is 0 Å². The van der Waals surface area contributed by atoms with Crippen molar-refractivity contribution in [1.29, 1.82) is 0 Å². The van der Waals surface area contributed by atoms with Gasteiger partial charge in [0, 0.05) is 29.6 Å². The second-order valence-corrected chi connectivity index (χ2v) is 3.90. The number of aryl methyl sites for hydroxylation is 1. The molecule has 0 saturated carbocycles. The maximum atomic E-state index is 11.8. The van der Waals surface area contributed by atoms with Crippen molar-refractivity contribution in [1.82, 2.24) is 4.98 Å². The summed E-state index contributed by atoms with van der Waals surface area (Å²) in [6.45, 7) is 1.76. The zero-order valence-corrected chi connectivity index (χ0v) is 9.73. The summed E-state index contributed by atoms with van der Waals surface area (Å²) in [6, 6.07) is 7.55. The molecular weight excluding hydrogens is 232 g/mol. The number of hydrogen-bond donors (Lipinski definition) is 3. The summed E-state index contributed by atoms with van der Waals surface area (Å²) in [5.74, 6) is -0.289. The Morgan fingerprint density at radius 3 is 2.72 bits per heavy atom. The second-order valence-electron chi connectivity index (χ2n) is 3.90. The second kappa shape index (κ2) is 4.75. The Balaban J connectivity index is 2.21. The summed E-state index contributed by atoms with van der Waals surface area (Å²) in [7, 11) is 0. The first kappa shape index (κ1) is 11.9. The molecule has 92 valence electrons. The van der Waals surface area contributed by atoms with Crippen molar-refractivity contribution in [3.63, 3.8) is 0 Å². The maximum absolute atomic E-state index is 11.8. The molecule has 0 spiro atoms. The highest BCUT2D eigenvalue weighted by atomic mass is 16.3. The number of H-pyrrole nitrogens is 1. The highest BCUT2D eigenvalue weighted by Crippen LogP contribution is 2.21. The van der Waals surface area contributed by atoms with Crippen molar-refractivity contribution >= 4 is 11.6 Å². The average Bonchev–Trinajstić information content (AvgIpc) is 2.34. The summed E-state index contributed by atoms with van der Waals surface area (Å²) in [5, 5.41) is 12.1. The van der Waals surface area contributed by atoms with Gasteiger partial charge in [-0.3, -0.25) is 9.59 Å². The van der Waals surface area contributed by atoms with Gasteiger partial charge in [-0.2, -0.15) is 0 Å². The third-order valence-corrected chi connectivity index (χ3v) is 2.50. The normalized spacial score (nSPS) is 10.1. The number of phenolic OH excluding ortho intramolecular Hbond substituents is 1. The predicted octanol–water partition coefficient (Wildman–Crippen LogP) is 1.64. The van der Waals surface area contributed by atoms with Crippen molar-refractivity contribution in [3.8, 4) is 5.75 Å². The van der Waals surface area contributed by atoms with Crippen LogP contribution < -0.4 is 10.9 Å². The van der Waals surface area contributed by atoms with E-state index in [1.165, 1.54) is 24.4 Å². The van der Waals surface area contributed by atoms with E-state index in [1.54, 1.807) is 19.1 Å². The first-order valence-electron chi connectivity index (χ1n) is 5.36. The number of amides is 1. The van der Waals surface area contributed by atoms with Gasteiger partial charge < -0.3 is 15.4 Å². The van der Waals surface area contributed by atoms with E-state index in [0.29, 0.717) is 5.69 Å². The molecule has 0 aliphatic rings. The summed E-state index contributed by atoms with van der Waals surface area (Å²) >= 11 is 0. The van der Waals surface area contributed by atoms with E-state index in [0.717, 1.165) is 5.56 Å². The summed E-state index contributed by atoms with van der Waals surface area (Å²) in [6.07, 6.45) is 1.41. The highest BCUT2D eigenvalue weighted by Gasteiger charge is 2.07. The molecule has 0 saturated heterocycles. The third-order valence-electron chi connectivity index (χ3n) is 2.50. The number of phenols is 1. The van der Waals surface area contributed by atoms with E-state index in [9.17, 15) is 14.7 Å². The van der Waals surface area contributed by atoms with Crippen molar-refractivity contribution < 1.29 is 9.90 Å². The molecule has 0 aliphatic heterocycles. The number of pyridine rings is 1. The van der Waals surface area contributed by atoms with E-state index in [2.05, 4.69) is 10.3 Å². The van der Waals surface area contributed by atoms with Crippen LogP contribution in [0.25, 0.3) is 0 Å². The van der Waals surface area contributed by atoms with Gasteiger partial charge in [0.1, 0.15) is 5.75 Å². The van der Waals surface area contributed by atoms with E-state index < -0.39 is 5.91 Å². The third kappa shape index (κ3) is 2.57. The fourth-order valence-corrected chi connectivity index (χ4v) is 1.48. The molecule has 2 aromatic rings. The number of hydrogen-bond acceptors (Lipinski definition) is 3. The van der Waals surface area contributed by atoms with Crippen LogP contribution in [0, 0.1) is 6.92 Å². The predicted molar refractivity (Wildman–Crippen MR) is 67.9 cm³/mol. The monoisotopic (exact) mass is 244 g/mol. The van der Waals surface area contributed by atoms with Crippen LogP contribution in [0.1, 0.15) is 15.9 Å². The van der Waals surface area contributed by atoms with Gasteiger partial charge in [0.05, 0.1) is 0 Å². The Kier molecular flexibility index (Phi) is 3.14. The molecule has 0 unspecified atom stereocenters. The van der Waals surface area contributed by atoms with Crippen LogP contribution >= 0.6 is 0 Å². The Bertz CT molecular complexity index is 647. The molecule has 0 aliphatic carbocycles. The van der Waals surface area contributed by atoms with Crippen LogP contribution in [0.15, 0.2) is 41.3 Å². The topological polar surface area (TPSA) is 82.2 Å². The Morgan fingerprint density at radius 2 is 2.06 bits per heavy atom. The minimum Gasteiger partial charge on any atom is -0.508 e. The zero-order chi connectivity index (χ0) is 13.1. The number of benzene rings is 1. The zero-order valence-electron chi connectivity index (χ0n) is 9.73. The van der Waals surface area contributed by atoms with E-state index >= 15 is 0 Å². The minimum atomic E-state index is -0.399. The highest BCUT2D eigenvalue weighted by molar-refractivity contribution is 6.04. The molecule has 18 heavy (non-hydrogen) atoms. The quantitative estimate of drug-likeness (QED) is 0.751. The van der Waals surface area contributed by atoms with Crippen LogP contribution in [0.3, 0.4) is 0 Å². The fraction of sp³-hybridized carbons (Fsp3) is 0.0769. The minimum absolute atomic E-state index is 0.110. The lowest BCUT2D eigenvalue weighted by molar-refractivity contribution is 0.102. The summed E-state index contributed by atoms with van der Waals surface area (Å²) in [4.78, 5) is 25.3. The van der Waals surface area contributed by atoms with Gasteiger partial charge in [0.15, 0.2) is 0 Å². The molecule has 3 N–H and O–H groups in total. The summed E-state index contributed by atoms with van der Waals surface area (Å²) < 4.78 is 0. The standard InChI is InChI=1S/C13H12N2O3/c1-8-2-3-10(7-11(8)16)15-13(18)9-4-5-14-12(17)6-9/h2-7,16H,1H3,(H,14,17)(H,15,18). The van der Waals surface area contributed by atoms with Gasteiger partial charge in [0.25, 0.3) is 5.91 Å². The van der Waals surface area contributed by atoms with E-state index in [-0.39, 0.29) is 16.9 Å². The molecule has 0 radical (unpaired) electrons. The number of aromatic nitrogens is 1. The number of anilines is 1. The van der Waals surface area contributed by atoms with Crippen LogP contribution in [0.5, 0.6) is 5.75 Å². The number of rotatable bonds is 2. The first-order valence-corrected chi connectivity index (χ1v) is 5.36. The van der Waals surface area contributed by atoms with Crippen molar-refractivity contribution in [3.05, 3.63) is 58.0 Å². The van der Waals surface area contributed by atoms with Crippen LogP contribution in [-0.4, -0.2) is 16.0 Å². The van der Waals surface area contributed by atoms with E-state index in [1.807, 2.05) is 0 Å². The summed E-state index contributed by atoms with van der Waals surface area (Å²) in [5.41, 5.74) is 1.13. The number of carbonyl (C=O) groups excluding carboxylic acids is 1. The molecule has 0 fully saturated rings. The van der Waals surface area contributed by atoms with Gasteiger partial charge in [0.2, 0.25) is 5.56 Å². The molecule has 5 heteroatoms. The molecule has 0 atom stereocenters. The lowest BCUT2D eigenvalue weighted by atomic mass is 10.2. The first-order chi connectivity index (χ1) is 8.56. The fourth-order valence-electron chi connectivity index (χ4n) is 1.48. The number of carbonyl (C=O) groups is 1. The van der Waals surface area contributed by atoms with Crippen molar-refractivity contribution in [2.75, 3.05) is 5.32 Å². The number of aromatic hydroxyl groups is 1. The lowest BCUT2D eigenvalue weighted by Crippen LogP contribution is -2.15. The molecule has 1 aromatic carbocycles. The molecule has 0 bridgehead atoms. The average molecular weight is 244 g/mol. The van der Waals surface area contributed by atoms with Crippen molar-refractivity contribution in [2.45, 2.75) is 6.92 Å². The van der Waals surface area contributed by atoms with Gasteiger partial charge in [-0.05, 0) is 24.6 Å². The Morgan fingerprint density at radius 1 is 1.28 bits per heavy atom. The lowest BCUT2D eigenvalue weighted by Gasteiger charge is -2.06. The van der Waals surface area contributed by atoms with Gasteiger partial charge >= 0.3 is 0 Å². The largest absolute Gasteiger partial charge is 0.508 e. The molecular formula is C13H12N2O3. The molecule has 1 amide bonds. The van der Waals surface area contributed by atoms with Crippen LogP contribution in [0.2, 0.25) is 0 Å². The van der Waals surface area contributed by atoms with Gasteiger partial charge in [-0.1, -0.05) is 6.07 Å². The Hall–Kier alpha value is -2.56. The Labute approximate surface area is 103 Å². The van der Waals surface area contributed by atoms with Gasteiger partial charge in [-0.15, -0.1) is 0 Å². The smallest absolute Gasteiger partial charge is 0.255 e. The van der Waals surface area contributed by atoms with Crippen molar-refractivity contribution in [2.24, 2.45) is 0 Å². The number of nitrogens with one attached hydrogen (secondary N) is 2. The molecule has 1 heterocycles. The van der Waals surface area contributed by atoms with Gasteiger partial charge in [-0.25, -0.2) is 0 Å². The van der Waals surface area contributed by atoms with Crippen LogP contribution in [0.4, 0.5) is 5.69 Å².